The molecule has 2 N–H and O–H groups in total. The quantitative estimate of drug-likeness (QED) is 0.750. The first-order chi connectivity index (χ1) is 12.7. The van der Waals surface area contributed by atoms with E-state index in [0.717, 1.165) is 30.8 Å². The number of carbonyl (C=O) groups excluding carboxylic acids is 1. The smallest absolute Gasteiger partial charge is 0.226 e. The number of nitrogens with one attached hydrogen (secondary N) is 2. The van der Waals surface area contributed by atoms with Gasteiger partial charge >= 0.3 is 0 Å². The lowest BCUT2D eigenvalue weighted by atomic mass is 9.95. The summed E-state index contributed by atoms with van der Waals surface area (Å²) in [7, 11) is 1.63. The van der Waals surface area contributed by atoms with Gasteiger partial charge in [0.15, 0.2) is 0 Å². The summed E-state index contributed by atoms with van der Waals surface area (Å²) in [5.74, 6) is 2.45. The summed E-state index contributed by atoms with van der Waals surface area (Å²) in [6, 6.07) is 7.77. The number of methoxy groups -OCH3 is 1. The van der Waals surface area contributed by atoms with Crippen LogP contribution in [0.15, 0.2) is 28.8 Å². The monoisotopic (exact) mass is 394 g/mol. The molecule has 1 saturated heterocycles. The molecule has 27 heavy (non-hydrogen) atoms. The molecule has 1 aliphatic rings. The number of rotatable bonds is 7. The summed E-state index contributed by atoms with van der Waals surface area (Å²) in [4.78, 5) is 16.5. The molecule has 2 heterocycles. The van der Waals surface area contributed by atoms with Crippen LogP contribution in [0.5, 0.6) is 5.75 Å². The number of piperidine rings is 1. The van der Waals surface area contributed by atoms with E-state index in [2.05, 4.69) is 27.7 Å². The molecule has 148 valence electrons. The molecule has 0 aliphatic carbocycles. The maximum absolute atomic E-state index is 12.1. The molecule has 0 saturated carbocycles. The van der Waals surface area contributed by atoms with E-state index in [1.807, 2.05) is 24.3 Å². The Kier molecular flexibility index (Phi) is 8.06. The number of ether oxygens (including phenoxy) is 1. The summed E-state index contributed by atoms with van der Waals surface area (Å²) in [5.41, 5.74) is 0.874. The zero-order valence-corrected chi connectivity index (χ0v) is 16.6. The summed E-state index contributed by atoms with van der Waals surface area (Å²) in [6.07, 6.45) is 2.74. The highest BCUT2D eigenvalue weighted by Gasteiger charge is 2.22. The standard InChI is InChI=1S/C19H26N4O3.ClH/c1-13-12-20-11-10-16(13)21-17(24)4-3-5-18-22-19(23-26-18)14-6-8-15(25-2)9-7-14;/h6-9,13,16,20H,3-5,10-12H2,1-2H3,(H,21,24);1H. The second-order valence-corrected chi connectivity index (χ2v) is 6.74. The van der Waals surface area contributed by atoms with E-state index in [0.29, 0.717) is 36.9 Å². The van der Waals surface area contributed by atoms with E-state index in [1.165, 1.54) is 0 Å². The van der Waals surface area contributed by atoms with Crippen LogP contribution in [0.1, 0.15) is 32.1 Å². The van der Waals surface area contributed by atoms with Crippen molar-refractivity contribution in [2.45, 2.75) is 38.6 Å². The molecule has 1 aromatic carbocycles. The highest BCUT2D eigenvalue weighted by atomic mass is 35.5. The largest absolute Gasteiger partial charge is 0.497 e. The summed E-state index contributed by atoms with van der Waals surface area (Å²) in [5, 5.41) is 10.5. The van der Waals surface area contributed by atoms with Gasteiger partial charge in [-0.25, -0.2) is 0 Å². The Morgan fingerprint density at radius 1 is 1.37 bits per heavy atom. The first-order valence-corrected chi connectivity index (χ1v) is 9.13. The maximum Gasteiger partial charge on any atom is 0.226 e. The van der Waals surface area contributed by atoms with Gasteiger partial charge < -0.3 is 19.9 Å². The van der Waals surface area contributed by atoms with Crippen LogP contribution in [-0.4, -0.2) is 42.3 Å². The summed E-state index contributed by atoms with van der Waals surface area (Å²) in [6.45, 7) is 4.09. The molecule has 8 heteroatoms. The summed E-state index contributed by atoms with van der Waals surface area (Å²) < 4.78 is 10.4. The van der Waals surface area contributed by atoms with Gasteiger partial charge in [0.25, 0.3) is 0 Å². The molecule has 0 radical (unpaired) electrons. The maximum atomic E-state index is 12.1. The number of aryl methyl sites for hydroxylation is 1. The van der Waals surface area contributed by atoms with Crippen molar-refractivity contribution in [2.24, 2.45) is 5.92 Å². The zero-order valence-electron chi connectivity index (χ0n) is 15.7. The molecule has 1 fully saturated rings. The van der Waals surface area contributed by atoms with Crippen molar-refractivity contribution in [3.8, 4) is 17.1 Å². The van der Waals surface area contributed by atoms with Crippen LogP contribution in [0.3, 0.4) is 0 Å². The Bertz CT molecular complexity index is 720. The highest BCUT2D eigenvalue weighted by molar-refractivity contribution is 5.85. The molecule has 0 bridgehead atoms. The molecule has 7 nitrogen and oxygen atoms in total. The summed E-state index contributed by atoms with van der Waals surface area (Å²) >= 11 is 0. The fourth-order valence-corrected chi connectivity index (χ4v) is 3.12. The van der Waals surface area contributed by atoms with Crippen molar-refractivity contribution in [1.82, 2.24) is 20.8 Å². The van der Waals surface area contributed by atoms with Crippen LogP contribution in [0.4, 0.5) is 0 Å². The molecule has 2 unspecified atom stereocenters. The molecule has 1 amide bonds. The van der Waals surface area contributed by atoms with Gasteiger partial charge in [0.2, 0.25) is 17.6 Å². The first kappa shape index (κ1) is 21.2. The van der Waals surface area contributed by atoms with Crippen molar-refractivity contribution >= 4 is 18.3 Å². The van der Waals surface area contributed by atoms with Gasteiger partial charge in [-0.05, 0) is 56.1 Å². The van der Waals surface area contributed by atoms with Crippen LogP contribution in [0.2, 0.25) is 0 Å². The number of hydrogen-bond acceptors (Lipinski definition) is 6. The highest BCUT2D eigenvalue weighted by Crippen LogP contribution is 2.20. The number of hydrogen-bond donors (Lipinski definition) is 2. The third-order valence-corrected chi connectivity index (χ3v) is 4.74. The molecule has 2 atom stereocenters. The number of amides is 1. The second-order valence-electron chi connectivity index (χ2n) is 6.74. The molecular formula is C19H27ClN4O3. The van der Waals surface area contributed by atoms with E-state index < -0.39 is 0 Å². The van der Waals surface area contributed by atoms with Gasteiger partial charge in [0.05, 0.1) is 7.11 Å². The number of halogens is 1. The number of carbonyl (C=O) groups is 1. The topological polar surface area (TPSA) is 89.3 Å². The van der Waals surface area contributed by atoms with Crippen LogP contribution in [0.25, 0.3) is 11.4 Å². The average Bonchev–Trinajstić information content (AvgIpc) is 3.12. The van der Waals surface area contributed by atoms with E-state index in [1.54, 1.807) is 7.11 Å². The first-order valence-electron chi connectivity index (χ1n) is 9.13. The van der Waals surface area contributed by atoms with Crippen molar-refractivity contribution in [3.63, 3.8) is 0 Å². The van der Waals surface area contributed by atoms with Gasteiger partial charge in [0.1, 0.15) is 5.75 Å². The van der Waals surface area contributed by atoms with Crippen LogP contribution >= 0.6 is 12.4 Å². The Morgan fingerprint density at radius 2 is 2.15 bits per heavy atom. The van der Waals surface area contributed by atoms with Crippen LogP contribution < -0.4 is 15.4 Å². The van der Waals surface area contributed by atoms with E-state index in [-0.39, 0.29) is 24.4 Å². The Morgan fingerprint density at radius 3 is 2.85 bits per heavy atom. The average molecular weight is 395 g/mol. The fourth-order valence-electron chi connectivity index (χ4n) is 3.12. The van der Waals surface area contributed by atoms with Gasteiger partial charge in [-0.3, -0.25) is 4.79 Å². The van der Waals surface area contributed by atoms with Gasteiger partial charge in [-0.15, -0.1) is 12.4 Å². The van der Waals surface area contributed by atoms with Gasteiger partial charge in [0, 0.05) is 24.4 Å². The Labute approximate surface area is 165 Å². The molecule has 1 aliphatic heterocycles. The Balaban J connectivity index is 0.00000261. The van der Waals surface area contributed by atoms with Crippen LogP contribution in [0, 0.1) is 5.92 Å². The van der Waals surface area contributed by atoms with E-state index in [4.69, 9.17) is 9.26 Å². The predicted molar refractivity (Wildman–Crippen MR) is 105 cm³/mol. The fraction of sp³-hybridized carbons (Fsp3) is 0.526. The molecule has 2 aromatic rings. The van der Waals surface area contributed by atoms with Crippen molar-refractivity contribution in [2.75, 3.05) is 20.2 Å². The number of nitrogens with zero attached hydrogens (tertiary/aromatic N) is 2. The lowest BCUT2D eigenvalue weighted by Crippen LogP contribution is -2.48. The lowest BCUT2D eigenvalue weighted by molar-refractivity contribution is -0.122. The number of aromatic nitrogens is 2. The third-order valence-electron chi connectivity index (χ3n) is 4.74. The lowest BCUT2D eigenvalue weighted by Gasteiger charge is -2.30. The molecule has 1 aromatic heterocycles. The van der Waals surface area contributed by atoms with E-state index in [9.17, 15) is 4.79 Å². The minimum Gasteiger partial charge on any atom is -0.497 e. The van der Waals surface area contributed by atoms with Gasteiger partial charge in [-0.1, -0.05) is 12.1 Å². The molecular weight excluding hydrogens is 368 g/mol. The minimum atomic E-state index is 0. The van der Waals surface area contributed by atoms with E-state index >= 15 is 0 Å². The molecule has 3 rings (SSSR count). The molecule has 0 spiro atoms. The second kappa shape index (κ2) is 10.3. The van der Waals surface area contributed by atoms with Crippen molar-refractivity contribution in [1.29, 1.82) is 0 Å². The third kappa shape index (κ3) is 5.94. The normalized spacial score (nSPS) is 19.2. The van der Waals surface area contributed by atoms with Crippen molar-refractivity contribution in [3.05, 3.63) is 30.2 Å². The van der Waals surface area contributed by atoms with Crippen LogP contribution in [-0.2, 0) is 11.2 Å². The number of benzene rings is 1. The predicted octanol–water partition coefficient (Wildman–Crippen LogP) is 2.60. The van der Waals surface area contributed by atoms with Crippen molar-refractivity contribution < 1.29 is 14.1 Å². The SMILES string of the molecule is COc1ccc(-c2noc(CCCC(=O)NC3CCNCC3C)n2)cc1.Cl. The minimum absolute atomic E-state index is 0. The Hall–Kier alpha value is -2.12. The van der Waals surface area contributed by atoms with Gasteiger partial charge in [-0.2, -0.15) is 4.98 Å². The zero-order chi connectivity index (χ0) is 18.4.